The molecule has 0 aliphatic heterocycles. The van der Waals surface area contributed by atoms with Gasteiger partial charge in [-0.3, -0.25) is 4.99 Å². The summed E-state index contributed by atoms with van der Waals surface area (Å²) in [5, 5.41) is 10.8. The average Bonchev–Trinajstić information content (AvgIpc) is 3.04. The van der Waals surface area contributed by atoms with Gasteiger partial charge in [0.2, 0.25) is 0 Å². The molecule has 0 spiro atoms. The summed E-state index contributed by atoms with van der Waals surface area (Å²) in [6, 6.07) is 0.0795. The van der Waals surface area contributed by atoms with Gasteiger partial charge in [-0.1, -0.05) is 19.0 Å². The van der Waals surface area contributed by atoms with E-state index in [2.05, 4.69) is 34.6 Å². The number of aliphatic imine (C=N–C) groups is 1. The Morgan fingerprint density at radius 3 is 2.45 bits per heavy atom. The SMILES string of the molecule is CCc1noc(CC)c1CNC(=NC)NCCCN(C(=O)OC(C)(C)C)C(C)C. The minimum absolute atomic E-state index is 0.0795. The number of aromatic nitrogens is 1. The lowest BCUT2D eigenvalue weighted by Gasteiger charge is -2.30. The van der Waals surface area contributed by atoms with Crippen LogP contribution < -0.4 is 10.6 Å². The van der Waals surface area contributed by atoms with E-state index in [4.69, 9.17) is 9.26 Å². The first kappa shape index (κ1) is 24.8. The first-order valence-corrected chi connectivity index (χ1v) is 10.5. The molecule has 1 rings (SSSR count). The Bertz CT molecular complexity index is 640. The van der Waals surface area contributed by atoms with E-state index in [1.54, 1.807) is 11.9 Å². The maximum absolute atomic E-state index is 12.4. The molecule has 0 saturated heterocycles. The number of hydrogen-bond acceptors (Lipinski definition) is 5. The molecule has 0 unspecified atom stereocenters. The highest BCUT2D eigenvalue weighted by molar-refractivity contribution is 5.79. The number of ether oxygens (including phenoxy) is 1. The third-order valence-electron chi connectivity index (χ3n) is 4.38. The molecular weight excluding hydrogens is 370 g/mol. The maximum atomic E-state index is 12.4. The smallest absolute Gasteiger partial charge is 0.410 e. The molecule has 1 amide bonds. The molecule has 0 atom stereocenters. The predicted octanol–water partition coefficient (Wildman–Crippen LogP) is 3.50. The van der Waals surface area contributed by atoms with Crippen LogP contribution in [0.3, 0.4) is 0 Å². The van der Waals surface area contributed by atoms with Gasteiger partial charge < -0.3 is 24.8 Å². The molecule has 0 fully saturated rings. The molecule has 1 aromatic heterocycles. The number of nitrogens with zero attached hydrogens (tertiary/aromatic N) is 3. The Morgan fingerprint density at radius 1 is 1.24 bits per heavy atom. The minimum Gasteiger partial charge on any atom is -0.444 e. The van der Waals surface area contributed by atoms with Gasteiger partial charge in [-0.2, -0.15) is 0 Å². The van der Waals surface area contributed by atoms with Gasteiger partial charge in [0, 0.05) is 44.7 Å². The molecule has 166 valence electrons. The molecular formula is C21H39N5O3. The van der Waals surface area contributed by atoms with E-state index >= 15 is 0 Å². The standard InChI is InChI=1S/C21H39N5O3/c1-9-17-16(18(10-2)29-25-17)14-24-19(22-8)23-12-11-13-26(15(3)4)20(27)28-21(5,6)7/h15H,9-14H2,1-8H3,(H2,22,23,24). The quantitative estimate of drug-likeness (QED) is 0.368. The van der Waals surface area contributed by atoms with Crippen molar-refractivity contribution in [2.75, 3.05) is 20.1 Å². The van der Waals surface area contributed by atoms with Crippen molar-refractivity contribution in [1.82, 2.24) is 20.7 Å². The molecule has 0 aromatic carbocycles. The highest BCUT2D eigenvalue weighted by atomic mass is 16.6. The van der Waals surface area contributed by atoms with Crippen LogP contribution in [-0.2, 0) is 24.1 Å². The van der Waals surface area contributed by atoms with Gasteiger partial charge in [-0.05, 0) is 47.5 Å². The molecule has 0 aliphatic carbocycles. The van der Waals surface area contributed by atoms with Gasteiger partial charge in [0.15, 0.2) is 5.96 Å². The predicted molar refractivity (Wildman–Crippen MR) is 116 cm³/mol. The van der Waals surface area contributed by atoms with Crippen molar-refractivity contribution in [2.45, 2.75) is 85.9 Å². The van der Waals surface area contributed by atoms with Crippen LogP contribution in [0.5, 0.6) is 0 Å². The fraction of sp³-hybridized carbons (Fsp3) is 0.762. The first-order chi connectivity index (χ1) is 13.6. The van der Waals surface area contributed by atoms with E-state index in [1.165, 1.54) is 0 Å². The van der Waals surface area contributed by atoms with Crippen LogP contribution in [0.1, 0.15) is 71.9 Å². The summed E-state index contributed by atoms with van der Waals surface area (Å²) in [5.41, 5.74) is 1.59. The van der Waals surface area contributed by atoms with Crippen molar-refractivity contribution in [3.63, 3.8) is 0 Å². The number of guanidine groups is 1. The second-order valence-electron chi connectivity index (χ2n) is 8.21. The summed E-state index contributed by atoms with van der Waals surface area (Å²) in [6.07, 6.45) is 2.15. The van der Waals surface area contributed by atoms with Crippen LogP contribution in [0.15, 0.2) is 9.52 Å². The normalized spacial score (nSPS) is 12.2. The minimum atomic E-state index is -0.495. The van der Waals surface area contributed by atoms with Crippen LogP contribution in [0, 0.1) is 0 Å². The monoisotopic (exact) mass is 409 g/mol. The second-order valence-corrected chi connectivity index (χ2v) is 8.21. The van der Waals surface area contributed by atoms with Crippen molar-refractivity contribution >= 4 is 12.1 Å². The number of rotatable bonds is 9. The summed E-state index contributed by atoms with van der Waals surface area (Å²) in [7, 11) is 1.74. The highest BCUT2D eigenvalue weighted by Crippen LogP contribution is 2.15. The first-order valence-electron chi connectivity index (χ1n) is 10.5. The summed E-state index contributed by atoms with van der Waals surface area (Å²) in [5.74, 6) is 1.62. The lowest BCUT2D eigenvalue weighted by molar-refractivity contribution is 0.0190. The van der Waals surface area contributed by atoms with Gasteiger partial charge in [0.05, 0.1) is 5.69 Å². The number of nitrogens with one attached hydrogen (secondary N) is 2. The maximum Gasteiger partial charge on any atom is 0.410 e. The molecule has 2 N–H and O–H groups in total. The molecule has 29 heavy (non-hydrogen) atoms. The topological polar surface area (TPSA) is 92.0 Å². The van der Waals surface area contributed by atoms with E-state index in [0.29, 0.717) is 25.6 Å². The number of carbonyl (C=O) groups excluding carboxylic acids is 1. The Kier molecular flexibility index (Phi) is 9.98. The van der Waals surface area contributed by atoms with Crippen LogP contribution in [0.25, 0.3) is 0 Å². The Labute approximate surface area is 175 Å². The van der Waals surface area contributed by atoms with E-state index < -0.39 is 5.60 Å². The fourth-order valence-corrected chi connectivity index (χ4v) is 2.87. The van der Waals surface area contributed by atoms with Gasteiger partial charge >= 0.3 is 6.09 Å². The lowest BCUT2D eigenvalue weighted by atomic mass is 10.1. The van der Waals surface area contributed by atoms with Crippen molar-refractivity contribution in [3.8, 4) is 0 Å². The van der Waals surface area contributed by atoms with Crippen molar-refractivity contribution in [2.24, 2.45) is 4.99 Å². The summed E-state index contributed by atoms with van der Waals surface area (Å²) in [6.45, 7) is 15.7. The van der Waals surface area contributed by atoms with Crippen LogP contribution in [0.2, 0.25) is 0 Å². The van der Waals surface area contributed by atoms with Crippen molar-refractivity contribution in [3.05, 3.63) is 17.0 Å². The molecule has 1 aromatic rings. The third kappa shape index (κ3) is 8.33. The summed E-state index contributed by atoms with van der Waals surface area (Å²) < 4.78 is 10.9. The molecule has 1 heterocycles. The third-order valence-corrected chi connectivity index (χ3v) is 4.38. The Balaban J connectivity index is 2.50. The zero-order valence-corrected chi connectivity index (χ0v) is 19.4. The van der Waals surface area contributed by atoms with E-state index in [9.17, 15) is 4.79 Å². The molecule has 0 bridgehead atoms. The summed E-state index contributed by atoms with van der Waals surface area (Å²) >= 11 is 0. The second kappa shape index (κ2) is 11.7. The van der Waals surface area contributed by atoms with E-state index in [-0.39, 0.29) is 12.1 Å². The number of hydrogen-bond donors (Lipinski definition) is 2. The summed E-state index contributed by atoms with van der Waals surface area (Å²) in [4.78, 5) is 18.4. The lowest BCUT2D eigenvalue weighted by Crippen LogP contribution is -2.43. The van der Waals surface area contributed by atoms with Crippen LogP contribution in [-0.4, -0.2) is 53.9 Å². The number of carbonyl (C=O) groups is 1. The fourth-order valence-electron chi connectivity index (χ4n) is 2.87. The largest absolute Gasteiger partial charge is 0.444 e. The average molecular weight is 410 g/mol. The van der Waals surface area contributed by atoms with Crippen molar-refractivity contribution in [1.29, 1.82) is 0 Å². The highest BCUT2D eigenvalue weighted by Gasteiger charge is 2.23. The molecule has 0 aliphatic rings. The Hall–Kier alpha value is -2.25. The number of aryl methyl sites for hydroxylation is 2. The van der Waals surface area contributed by atoms with Gasteiger partial charge in [0.1, 0.15) is 11.4 Å². The van der Waals surface area contributed by atoms with Gasteiger partial charge in [-0.25, -0.2) is 4.79 Å². The van der Waals surface area contributed by atoms with E-state index in [0.717, 1.165) is 36.3 Å². The molecule has 0 saturated carbocycles. The number of amides is 1. The van der Waals surface area contributed by atoms with Gasteiger partial charge in [-0.15, -0.1) is 0 Å². The van der Waals surface area contributed by atoms with Crippen LogP contribution in [0.4, 0.5) is 4.79 Å². The van der Waals surface area contributed by atoms with Gasteiger partial charge in [0.25, 0.3) is 0 Å². The van der Waals surface area contributed by atoms with Crippen molar-refractivity contribution < 1.29 is 14.1 Å². The Morgan fingerprint density at radius 2 is 1.93 bits per heavy atom. The molecule has 0 radical (unpaired) electrons. The van der Waals surface area contributed by atoms with Crippen LogP contribution >= 0.6 is 0 Å². The zero-order chi connectivity index (χ0) is 22.0. The zero-order valence-electron chi connectivity index (χ0n) is 19.4. The van der Waals surface area contributed by atoms with E-state index in [1.807, 2.05) is 34.6 Å². The molecule has 8 nitrogen and oxygen atoms in total. The molecule has 8 heteroatoms.